The Morgan fingerprint density at radius 3 is 2.47 bits per heavy atom. The number of halogens is 4. The summed E-state index contributed by atoms with van der Waals surface area (Å²) in [6.45, 7) is 0. The number of hydrogen-bond donors (Lipinski definition) is 1. The lowest BCUT2D eigenvalue weighted by Gasteiger charge is -2.10. The summed E-state index contributed by atoms with van der Waals surface area (Å²) in [5.74, 6) is -0.680. The van der Waals surface area contributed by atoms with Crippen LogP contribution in [-0.2, 0) is 6.18 Å². The molecule has 4 nitrogen and oxygen atoms in total. The third-order valence-corrected chi connectivity index (χ3v) is 2.37. The lowest BCUT2D eigenvalue weighted by Crippen LogP contribution is -2.11. The van der Waals surface area contributed by atoms with Gasteiger partial charge in [0.2, 0.25) is 11.8 Å². The first kappa shape index (κ1) is 13.4. The van der Waals surface area contributed by atoms with E-state index in [1.54, 1.807) is 12.1 Å². The van der Waals surface area contributed by atoms with Crippen molar-refractivity contribution < 1.29 is 17.9 Å². The Balaban J connectivity index is 2.36. The number of anilines is 1. The SMILES string of the molecule is Nc1nc(Oc2ccccc2Cl)cc(C(F)(F)F)n1. The fourth-order valence-electron chi connectivity index (χ4n) is 1.28. The van der Waals surface area contributed by atoms with E-state index in [0.717, 1.165) is 0 Å². The summed E-state index contributed by atoms with van der Waals surface area (Å²) >= 11 is 5.82. The van der Waals surface area contributed by atoms with E-state index in [2.05, 4.69) is 9.97 Å². The molecule has 0 unspecified atom stereocenters. The smallest absolute Gasteiger partial charge is 0.433 e. The van der Waals surface area contributed by atoms with Gasteiger partial charge in [0.25, 0.3) is 0 Å². The maximum absolute atomic E-state index is 12.5. The van der Waals surface area contributed by atoms with E-state index >= 15 is 0 Å². The van der Waals surface area contributed by atoms with Crippen LogP contribution in [-0.4, -0.2) is 9.97 Å². The fourth-order valence-corrected chi connectivity index (χ4v) is 1.45. The molecular formula is C11H7ClF3N3O. The molecule has 100 valence electrons. The molecule has 8 heteroatoms. The van der Waals surface area contributed by atoms with E-state index in [0.29, 0.717) is 6.07 Å². The molecule has 0 saturated heterocycles. The summed E-state index contributed by atoms with van der Waals surface area (Å²) < 4.78 is 42.8. The van der Waals surface area contributed by atoms with Crippen molar-refractivity contribution in [3.63, 3.8) is 0 Å². The highest BCUT2D eigenvalue weighted by Crippen LogP contribution is 2.32. The molecule has 0 aliphatic heterocycles. The molecule has 0 spiro atoms. The van der Waals surface area contributed by atoms with Crippen LogP contribution in [0, 0.1) is 0 Å². The molecule has 2 aromatic rings. The number of aromatic nitrogens is 2. The van der Waals surface area contributed by atoms with Gasteiger partial charge >= 0.3 is 6.18 Å². The van der Waals surface area contributed by atoms with Gasteiger partial charge in [-0.15, -0.1) is 0 Å². The van der Waals surface area contributed by atoms with Crippen molar-refractivity contribution in [2.24, 2.45) is 0 Å². The van der Waals surface area contributed by atoms with Crippen LogP contribution in [0.5, 0.6) is 11.6 Å². The van der Waals surface area contributed by atoms with Crippen LogP contribution in [0.25, 0.3) is 0 Å². The van der Waals surface area contributed by atoms with Crippen LogP contribution in [0.3, 0.4) is 0 Å². The van der Waals surface area contributed by atoms with Gasteiger partial charge in [0, 0.05) is 6.07 Å². The second-order valence-electron chi connectivity index (χ2n) is 3.48. The first-order valence-corrected chi connectivity index (χ1v) is 5.38. The van der Waals surface area contributed by atoms with Gasteiger partial charge in [0.05, 0.1) is 5.02 Å². The Bertz CT molecular complexity index is 604. The highest BCUT2D eigenvalue weighted by molar-refractivity contribution is 6.32. The molecule has 1 aromatic heterocycles. The molecule has 19 heavy (non-hydrogen) atoms. The average Bonchev–Trinajstić information content (AvgIpc) is 2.30. The zero-order valence-corrected chi connectivity index (χ0v) is 10.0. The number of benzene rings is 1. The van der Waals surface area contributed by atoms with Gasteiger partial charge in [0.15, 0.2) is 5.69 Å². The standard InChI is InChI=1S/C11H7ClF3N3O/c12-6-3-1-2-4-7(6)19-9-5-8(11(13,14)15)17-10(16)18-9/h1-5H,(H2,16,17,18). The molecule has 1 heterocycles. The van der Waals surface area contributed by atoms with E-state index < -0.39 is 17.8 Å². The largest absolute Gasteiger partial charge is 0.437 e. The summed E-state index contributed by atoms with van der Waals surface area (Å²) in [6.07, 6.45) is -4.63. The average molecular weight is 290 g/mol. The molecule has 2 rings (SSSR count). The highest BCUT2D eigenvalue weighted by Gasteiger charge is 2.33. The normalized spacial score (nSPS) is 11.4. The van der Waals surface area contributed by atoms with E-state index in [9.17, 15) is 13.2 Å². The summed E-state index contributed by atoms with van der Waals surface area (Å²) in [4.78, 5) is 6.67. The van der Waals surface area contributed by atoms with E-state index in [4.69, 9.17) is 22.1 Å². The minimum atomic E-state index is -4.63. The van der Waals surface area contributed by atoms with E-state index in [-0.39, 0.29) is 16.7 Å². The van der Waals surface area contributed by atoms with Crippen molar-refractivity contribution >= 4 is 17.5 Å². The Labute approximate surface area is 111 Å². The molecule has 0 saturated carbocycles. The topological polar surface area (TPSA) is 61.0 Å². The lowest BCUT2D eigenvalue weighted by atomic mass is 10.3. The van der Waals surface area contributed by atoms with Crippen molar-refractivity contribution in [2.75, 3.05) is 5.73 Å². The number of alkyl halides is 3. The lowest BCUT2D eigenvalue weighted by molar-refractivity contribution is -0.141. The zero-order valence-electron chi connectivity index (χ0n) is 9.28. The molecule has 2 N–H and O–H groups in total. The Morgan fingerprint density at radius 1 is 1.16 bits per heavy atom. The van der Waals surface area contributed by atoms with Crippen molar-refractivity contribution in [1.82, 2.24) is 9.97 Å². The number of para-hydroxylation sites is 1. The molecule has 0 aliphatic rings. The summed E-state index contributed by atoms with van der Waals surface area (Å²) in [5.41, 5.74) is 4.03. The summed E-state index contributed by atoms with van der Waals surface area (Å²) in [5, 5.41) is 0.244. The van der Waals surface area contributed by atoms with Crippen molar-refractivity contribution in [2.45, 2.75) is 6.18 Å². The van der Waals surface area contributed by atoms with Gasteiger partial charge in [-0.25, -0.2) is 4.98 Å². The Morgan fingerprint density at radius 2 is 1.84 bits per heavy atom. The first-order valence-electron chi connectivity index (χ1n) is 5.00. The molecule has 0 bridgehead atoms. The number of nitrogens with two attached hydrogens (primary N) is 1. The number of rotatable bonds is 2. The highest BCUT2D eigenvalue weighted by atomic mass is 35.5. The fraction of sp³-hybridized carbons (Fsp3) is 0.0909. The van der Waals surface area contributed by atoms with Gasteiger partial charge in [-0.2, -0.15) is 18.2 Å². The van der Waals surface area contributed by atoms with E-state index in [1.807, 2.05) is 0 Å². The summed E-state index contributed by atoms with van der Waals surface area (Å²) in [6, 6.07) is 6.96. The van der Waals surface area contributed by atoms with Gasteiger partial charge in [0.1, 0.15) is 5.75 Å². The van der Waals surface area contributed by atoms with E-state index in [1.165, 1.54) is 12.1 Å². The van der Waals surface area contributed by atoms with Gasteiger partial charge < -0.3 is 10.5 Å². The number of nitrogens with zero attached hydrogens (tertiary/aromatic N) is 2. The van der Waals surface area contributed by atoms with Crippen LogP contribution >= 0.6 is 11.6 Å². The second kappa shape index (κ2) is 4.93. The third-order valence-electron chi connectivity index (χ3n) is 2.06. The molecule has 0 aliphatic carbocycles. The Hall–Kier alpha value is -2.02. The molecule has 0 amide bonds. The van der Waals surface area contributed by atoms with Crippen molar-refractivity contribution in [1.29, 1.82) is 0 Å². The number of nitrogen functional groups attached to an aromatic ring is 1. The number of ether oxygens (including phenoxy) is 1. The van der Waals surface area contributed by atoms with Crippen molar-refractivity contribution in [3.05, 3.63) is 41.0 Å². The first-order chi connectivity index (χ1) is 8.86. The van der Waals surface area contributed by atoms with Gasteiger partial charge in [-0.3, -0.25) is 0 Å². The summed E-state index contributed by atoms with van der Waals surface area (Å²) in [7, 11) is 0. The van der Waals surface area contributed by atoms with Crippen LogP contribution in [0.1, 0.15) is 5.69 Å². The monoisotopic (exact) mass is 289 g/mol. The maximum atomic E-state index is 12.5. The maximum Gasteiger partial charge on any atom is 0.433 e. The van der Waals surface area contributed by atoms with Gasteiger partial charge in [-0.1, -0.05) is 23.7 Å². The van der Waals surface area contributed by atoms with Crippen LogP contribution in [0.4, 0.5) is 19.1 Å². The van der Waals surface area contributed by atoms with Crippen molar-refractivity contribution in [3.8, 4) is 11.6 Å². The minimum Gasteiger partial charge on any atom is -0.437 e. The van der Waals surface area contributed by atoms with Crippen LogP contribution in [0.15, 0.2) is 30.3 Å². The molecule has 0 atom stereocenters. The van der Waals surface area contributed by atoms with Crippen LogP contribution in [0.2, 0.25) is 5.02 Å². The predicted molar refractivity (Wildman–Crippen MR) is 63.0 cm³/mol. The quantitative estimate of drug-likeness (QED) is 0.919. The Kier molecular flexibility index (Phi) is 3.48. The molecular weight excluding hydrogens is 283 g/mol. The zero-order chi connectivity index (χ0) is 14.0. The minimum absolute atomic E-state index is 0.176. The second-order valence-corrected chi connectivity index (χ2v) is 3.89. The van der Waals surface area contributed by atoms with Crippen LogP contribution < -0.4 is 10.5 Å². The predicted octanol–water partition coefficient (Wildman–Crippen LogP) is 3.52. The van der Waals surface area contributed by atoms with Gasteiger partial charge in [-0.05, 0) is 12.1 Å². The third kappa shape index (κ3) is 3.25. The molecule has 0 fully saturated rings. The molecule has 0 radical (unpaired) electrons. The molecule has 1 aromatic carbocycles. The number of hydrogen-bond acceptors (Lipinski definition) is 4.